The molecule has 1 saturated carbocycles. The molecule has 6 nitrogen and oxygen atoms in total. The van der Waals surface area contributed by atoms with Gasteiger partial charge in [0.15, 0.2) is 0 Å². The molecule has 28 heavy (non-hydrogen) atoms. The van der Waals surface area contributed by atoms with E-state index in [1.807, 2.05) is 19.1 Å². The van der Waals surface area contributed by atoms with Crippen LogP contribution in [0, 0.1) is 12.8 Å². The lowest BCUT2D eigenvalue weighted by Gasteiger charge is -2.34. The number of amides is 1. The zero-order chi connectivity index (χ0) is 20.1. The number of carbonyl (C=O) groups is 1. The summed E-state index contributed by atoms with van der Waals surface area (Å²) in [7, 11) is -3.53. The number of anilines is 1. The smallest absolute Gasteiger partial charge is 0.240 e. The van der Waals surface area contributed by atoms with Crippen LogP contribution in [0.1, 0.15) is 44.1 Å². The first kappa shape index (κ1) is 21.1. The van der Waals surface area contributed by atoms with Crippen molar-refractivity contribution in [2.45, 2.75) is 51.5 Å². The van der Waals surface area contributed by atoms with Crippen LogP contribution in [0.4, 0.5) is 5.69 Å². The lowest BCUT2D eigenvalue weighted by Crippen LogP contribution is -2.49. The summed E-state index contributed by atoms with van der Waals surface area (Å²) in [5.41, 5.74) is 1.40. The van der Waals surface area contributed by atoms with Crippen LogP contribution < -0.4 is 9.62 Å². The Balaban J connectivity index is 1.52. The number of benzene rings is 1. The monoisotopic (exact) mass is 407 g/mol. The molecule has 1 aliphatic carbocycles. The van der Waals surface area contributed by atoms with Gasteiger partial charge in [-0.2, -0.15) is 0 Å². The molecule has 0 aromatic heterocycles. The highest BCUT2D eigenvalue weighted by Gasteiger charge is 2.26. The lowest BCUT2D eigenvalue weighted by atomic mass is 10.0. The molecule has 0 spiro atoms. The molecule has 1 saturated heterocycles. The average molecular weight is 408 g/mol. The van der Waals surface area contributed by atoms with Crippen molar-refractivity contribution in [1.29, 1.82) is 0 Å². The summed E-state index contributed by atoms with van der Waals surface area (Å²) in [4.78, 5) is 15.1. The maximum Gasteiger partial charge on any atom is 0.240 e. The second-order valence-corrected chi connectivity index (χ2v) is 10.3. The van der Waals surface area contributed by atoms with Gasteiger partial charge >= 0.3 is 0 Å². The minimum absolute atomic E-state index is 0.130. The molecule has 1 heterocycles. The van der Waals surface area contributed by atoms with Gasteiger partial charge in [0.1, 0.15) is 6.54 Å². The average Bonchev–Trinajstić information content (AvgIpc) is 3.14. The highest BCUT2D eigenvalue weighted by atomic mass is 32.2. The largest absolute Gasteiger partial charge is 0.352 e. The van der Waals surface area contributed by atoms with Crippen molar-refractivity contribution >= 4 is 21.6 Å². The molecule has 0 atom stereocenters. The summed E-state index contributed by atoms with van der Waals surface area (Å²) in [5, 5.41) is 3.05. The van der Waals surface area contributed by atoms with Crippen LogP contribution in [0.5, 0.6) is 0 Å². The Morgan fingerprint density at radius 3 is 2.39 bits per heavy atom. The Labute approximate surface area is 169 Å². The number of rotatable bonds is 7. The third-order valence-electron chi connectivity index (χ3n) is 6.02. The van der Waals surface area contributed by atoms with E-state index in [4.69, 9.17) is 0 Å². The van der Waals surface area contributed by atoms with Crippen LogP contribution >= 0.6 is 0 Å². The number of nitrogens with one attached hydrogen (secondary N) is 1. The number of hydrogen-bond acceptors (Lipinski definition) is 4. The number of para-hydroxylation sites is 1. The summed E-state index contributed by atoms with van der Waals surface area (Å²) < 4.78 is 25.7. The van der Waals surface area contributed by atoms with E-state index in [2.05, 4.69) is 10.2 Å². The van der Waals surface area contributed by atoms with E-state index in [9.17, 15) is 13.2 Å². The van der Waals surface area contributed by atoms with Gasteiger partial charge in [-0.1, -0.05) is 31.0 Å². The predicted octanol–water partition coefficient (Wildman–Crippen LogP) is 2.53. The number of aryl methyl sites for hydroxylation is 1. The van der Waals surface area contributed by atoms with Crippen LogP contribution in [0.2, 0.25) is 0 Å². The van der Waals surface area contributed by atoms with Crippen molar-refractivity contribution < 1.29 is 13.2 Å². The Hall–Kier alpha value is -1.60. The van der Waals surface area contributed by atoms with E-state index in [0.29, 0.717) is 5.69 Å². The van der Waals surface area contributed by atoms with Crippen molar-refractivity contribution in [3.8, 4) is 0 Å². The number of nitrogens with zero attached hydrogens (tertiary/aromatic N) is 2. The normalized spacial score (nSPS) is 19.6. The Morgan fingerprint density at radius 1 is 1.14 bits per heavy atom. The Morgan fingerprint density at radius 2 is 1.79 bits per heavy atom. The fourth-order valence-electron chi connectivity index (χ4n) is 4.45. The van der Waals surface area contributed by atoms with Gasteiger partial charge in [0.05, 0.1) is 11.9 Å². The van der Waals surface area contributed by atoms with E-state index in [1.54, 1.807) is 12.1 Å². The van der Waals surface area contributed by atoms with Crippen molar-refractivity contribution in [1.82, 2.24) is 10.2 Å². The van der Waals surface area contributed by atoms with Crippen molar-refractivity contribution in [2.75, 3.05) is 36.7 Å². The molecule has 1 aromatic rings. The summed E-state index contributed by atoms with van der Waals surface area (Å²) in [6.45, 7) is 4.89. The van der Waals surface area contributed by atoms with E-state index in [0.717, 1.165) is 43.7 Å². The summed E-state index contributed by atoms with van der Waals surface area (Å²) >= 11 is 0. The predicted molar refractivity (Wildman–Crippen MR) is 113 cm³/mol. The number of piperidine rings is 1. The number of hydrogen-bond donors (Lipinski definition) is 1. The standard InChI is InChI=1S/C21H33N3O3S/c1-17-7-3-6-10-20(17)24(28(2,26)27)16-21(25)22-19-11-13-23(14-12-19)15-18-8-4-5-9-18/h3,6-7,10,18-19H,4-5,8-9,11-16H2,1-2H3,(H,22,25). The van der Waals surface area contributed by atoms with Gasteiger partial charge < -0.3 is 10.2 Å². The van der Waals surface area contributed by atoms with Gasteiger partial charge in [-0.25, -0.2) is 8.42 Å². The Kier molecular flexibility index (Phi) is 6.99. The molecule has 7 heteroatoms. The second kappa shape index (κ2) is 9.27. The second-order valence-electron chi connectivity index (χ2n) is 8.35. The van der Waals surface area contributed by atoms with Crippen LogP contribution in [-0.2, 0) is 14.8 Å². The Bertz CT molecular complexity index is 767. The van der Waals surface area contributed by atoms with E-state index >= 15 is 0 Å². The highest BCUT2D eigenvalue weighted by molar-refractivity contribution is 7.92. The van der Waals surface area contributed by atoms with E-state index in [-0.39, 0.29) is 18.5 Å². The van der Waals surface area contributed by atoms with Crippen molar-refractivity contribution in [2.24, 2.45) is 5.92 Å². The van der Waals surface area contributed by atoms with Crippen LogP contribution in [0.25, 0.3) is 0 Å². The molecule has 1 N–H and O–H groups in total. The number of carbonyl (C=O) groups excluding carboxylic acids is 1. The molecule has 2 fully saturated rings. The lowest BCUT2D eigenvalue weighted by molar-refractivity contribution is -0.120. The minimum Gasteiger partial charge on any atom is -0.352 e. The molecular weight excluding hydrogens is 374 g/mol. The summed E-state index contributed by atoms with van der Waals surface area (Å²) in [6, 6.07) is 7.37. The van der Waals surface area contributed by atoms with E-state index < -0.39 is 10.0 Å². The minimum atomic E-state index is -3.53. The molecule has 0 bridgehead atoms. The molecule has 1 aliphatic heterocycles. The molecule has 2 aliphatic rings. The first-order valence-corrected chi connectivity index (χ1v) is 12.2. The molecular formula is C21H33N3O3S. The first-order valence-electron chi connectivity index (χ1n) is 10.4. The van der Waals surface area contributed by atoms with Gasteiger partial charge in [-0.3, -0.25) is 9.10 Å². The number of sulfonamides is 1. The summed E-state index contributed by atoms with van der Waals surface area (Å²) in [5.74, 6) is 0.617. The maximum atomic E-state index is 12.6. The molecule has 0 unspecified atom stereocenters. The SMILES string of the molecule is Cc1ccccc1N(CC(=O)NC1CCN(CC2CCCC2)CC1)S(C)(=O)=O. The van der Waals surface area contributed by atoms with Gasteiger partial charge in [0.2, 0.25) is 15.9 Å². The topological polar surface area (TPSA) is 69.7 Å². The summed E-state index contributed by atoms with van der Waals surface area (Å²) in [6.07, 6.45) is 8.47. The zero-order valence-electron chi connectivity index (χ0n) is 17.1. The van der Waals surface area contributed by atoms with E-state index in [1.165, 1.54) is 36.5 Å². The molecule has 1 amide bonds. The molecule has 156 valence electrons. The van der Waals surface area contributed by atoms with Gasteiger partial charge in [-0.05, 0) is 50.2 Å². The zero-order valence-corrected chi connectivity index (χ0v) is 17.9. The van der Waals surface area contributed by atoms with Crippen LogP contribution in [0.15, 0.2) is 24.3 Å². The van der Waals surface area contributed by atoms with Crippen LogP contribution in [-0.4, -0.2) is 57.7 Å². The fraction of sp³-hybridized carbons (Fsp3) is 0.667. The molecule has 1 aromatic carbocycles. The fourth-order valence-corrected chi connectivity index (χ4v) is 5.36. The maximum absolute atomic E-state index is 12.6. The van der Waals surface area contributed by atoms with Gasteiger partial charge in [-0.15, -0.1) is 0 Å². The van der Waals surface area contributed by atoms with Gasteiger partial charge in [0, 0.05) is 25.7 Å². The molecule has 0 radical (unpaired) electrons. The first-order chi connectivity index (χ1) is 13.3. The van der Waals surface area contributed by atoms with Crippen molar-refractivity contribution in [3.63, 3.8) is 0 Å². The van der Waals surface area contributed by atoms with Crippen LogP contribution in [0.3, 0.4) is 0 Å². The molecule has 3 rings (SSSR count). The highest BCUT2D eigenvalue weighted by Crippen LogP contribution is 2.26. The van der Waals surface area contributed by atoms with Gasteiger partial charge in [0.25, 0.3) is 0 Å². The third-order valence-corrected chi connectivity index (χ3v) is 7.14. The number of likely N-dealkylation sites (tertiary alicyclic amines) is 1. The quantitative estimate of drug-likeness (QED) is 0.754. The van der Waals surface area contributed by atoms with Crippen molar-refractivity contribution in [3.05, 3.63) is 29.8 Å². The third kappa shape index (κ3) is 5.70.